The second-order valence-electron chi connectivity index (χ2n) is 5.48. The van der Waals surface area contributed by atoms with Crippen molar-refractivity contribution in [2.24, 2.45) is 0 Å². The predicted molar refractivity (Wildman–Crippen MR) is 89.6 cm³/mol. The fourth-order valence-corrected chi connectivity index (χ4v) is 2.70. The number of nitrogens with zero attached hydrogens (tertiary/aromatic N) is 2. The normalized spacial score (nSPS) is 12.7. The molecule has 3 rings (SSSR count). The number of benzene rings is 2. The molecule has 0 aliphatic carbocycles. The summed E-state index contributed by atoms with van der Waals surface area (Å²) in [6, 6.07) is 13.8. The third kappa shape index (κ3) is 3.17. The highest BCUT2D eigenvalue weighted by Crippen LogP contribution is 2.24. The Kier molecular flexibility index (Phi) is 4.66. The van der Waals surface area contributed by atoms with Crippen LogP contribution < -0.4 is 9.47 Å². The van der Waals surface area contributed by atoms with Crippen LogP contribution in [-0.4, -0.2) is 37.0 Å². The van der Waals surface area contributed by atoms with Crippen LogP contribution in [0.3, 0.4) is 0 Å². The number of methoxy groups -OCH3 is 1. The Balaban J connectivity index is 1.57. The summed E-state index contributed by atoms with van der Waals surface area (Å²) in [6.45, 7) is 0.554. The molecular weight excluding hydrogens is 320 g/mol. The fraction of sp³-hybridized carbons (Fsp3) is 0.211. The Morgan fingerprint density at radius 2 is 1.76 bits per heavy atom. The van der Waals surface area contributed by atoms with Crippen molar-refractivity contribution in [2.45, 2.75) is 6.42 Å². The van der Waals surface area contributed by atoms with Gasteiger partial charge in [0.15, 0.2) is 0 Å². The number of rotatable bonds is 6. The van der Waals surface area contributed by atoms with Gasteiger partial charge in [-0.15, -0.1) is 0 Å². The largest absolute Gasteiger partial charge is 0.497 e. The quantitative estimate of drug-likeness (QED) is 0.598. The standard InChI is InChI=1S/C19H16N2O4/c1-24-14-7-8-17(13(11-14)12-20)25-10-4-9-21-18(22)15-5-2-3-6-16(15)19(21)23/h2-3,5-8,11H,4,9-10H2,1H3. The molecule has 1 aliphatic heterocycles. The summed E-state index contributed by atoms with van der Waals surface area (Å²) in [6.07, 6.45) is 0.475. The van der Waals surface area contributed by atoms with Crippen LogP contribution in [-0.2, 0) is 0 Å². The maximum Gasteiger partial charge on any atom is 0.261 e. The zero-order valence-electron chi connectivity index (χ0n) is 13.7. The first kappa shape index (κ1) is 16.5. The molecule has 2 aromatic carbocycles. The number of nitriles is 1. The third-order valence-corrected chi connectivity index (χ3v) is 3.97. The molecule has 2 amide bonds. The number of imide groups is 1. The highest BCUT2D eigenvalue weighted by atomic mass is 16.5. The van der Waals surface area contributed by atoms with Crippen LogP contribution in [0.1, 0.15) is 32.7 Å². The molecule has 0 saturated heterocycles. The van der Waals surface area contributed by atoms with Gasteiger partial charge in [-0.05, 0) is 30.7 Å². The van der Waals surface area contributed by atoms with E-state index >= 15 is 0 Å². The molecule has 2 aromatic rings. The Hall–Kier alpha value is -3.33. The molecule has 1 aliphatic rings. The van der Waals surface area contributed by atoms with E-state index in [0.717, 1.165) is 0 Å². The van der Waals surface area contributed by atoms with Gasteiger partial charge in [-0.2, -0.15) is 5.26 Å². The van der Waals surface area contributed by atoms with E-state index in [1.54, 1.807) is 42.5 Å². The second kappa shape index (κ2) is 7.05. The number of amides is 2. The Morgan fingerprint density at radius 3 is 2.36 bits per heavy atom. The van der Waals surface area contributed by atoms with Gasteiger partial charge in [0.2, 0.25) is 0 Å². The minimum Gasteiger partial charge on any atom is -0.497 e. The van der Waals surface area contributed by atoms with Crippen molar-refractivity contribution < 1.29 is 19.1 Å². The van der Waals surface area contributed by atoms with Crippen molar-refractivity contribution in [2.75, 3.05) is 20.3 Å². The van der Waals surface area contributed by atoms with Crippen molar-refractivity contribution in [3.8, 4) is 17.6 Å². The number of carbonyl (C=O) groups excluding carboxylic acids is 2. The molecule has 0 aromatic heterocycles. The Bertz CT molecular complexity index is 835. The molecule has 126 valence electrons. The van der Waals surface area contributed by atoms with E-state index in [9.17, 15) is 9.59 Å². The van der Waals surface area contributed by atoms with Crippen LogP contribution >= 0.6 is 0 Å². The lowest BCUT2D eigenvalue weighted by Gasteiger charge is -2.14. The van der Waals surface area contributed by atoms with Gasteiger partial charge in [-0.25, -0.2) is 0 Å². The molecule has 6 heteroatoms. The van der Waals surface area contributed by atoms with Gasteiger partial charge in [-0.3, -0.25) is 14.5 Å². The van der Waals surface area contributed by atoms with Crippen LogP contribution in [0.25, 0.3) is 0 Å². The van der Waals surface area contributed by atoms with Crippen LogP contribution in [0, 0.1) is 11.3 Å². The van der Waals surface area contributed by atoms with E-state index in [2.05, 4.69) is 6.07 Å². The van der Waals surface area contributed by atoms with Crippen molar-refractivity contribution in [1.82, 2.24) is 4.90 Å². The summed E-state index contributed by atoms with van der Waals surface area (Å²) >= 11 is 0. The average molecular weight is 336 g/mol. The van der Waals surface area contributed by atoms with E-state index in [1.807, 2.05) is 0 Å². The van der Waals surface area contributed by atoms with Gasteiger partial charge < -0.3 is 9.47 Å². The SMILES string of the molecule is COc1ccc(OCCCN2C(=O)c3ccccc3C2=O)c(C#N)c1. The first-order chi connectivity index (χ1) is 12.2. The molecule has 0 unspecified atom stereocenters. The first-order valence-electron chi connectivity index (χ1n) is 7.82. The highest BCUT2D eigenvalue weighted by molar-refractivity contribution is 6.21. The Morgan fingerprint density at radius 1 is 1.08 bits per heavy atom. The lowest BCUT2D eigenvalue weighted by molar-refractivity contribution is 0.0646. The summed E-state index contributed by atoms with van der Waals surface area (Å²) < 4.78 is 10.7. The van der Waals surface area contributed by atoms with E-state index < -0.39 is 0 Å². The smallest absolute Gasteiger partial charge is 0.261 e. The molecule has 0 spiro atoms. The molecule has 0 radical (unpaired) electrons. The average Bonchev–Trinajstić information content (AvgIpc) is 2.90. The van der Waals surface area contributed by atoms with Crippen molar-refractivity contribution in [3.05, 3.63) is 59.2 Å². The molecule has 0 atom stereocenters. The van der Waals surface area contributed by atoms with E-state index in [0.29, 0.717) is 34.6 Å². The fourth-order valence-electron chi connectivity index (χ4n) is 2.70. The number of hydrogen-bond acceptors (Lipinski definition) is 5. The third-order valence-electron chi connectivity index (χ3n) is 3.97. The van der Waals surface area contributed by atoms with Crippen LogP contribution in [0.5, 0.6) is 11.5 Å². The van der Waals surface area contributed by atoms with Crippen molar-refractivity contribution >= 4 is 11.8 Å². The van der Waals surface area contributed by atoms with Gasteiger partial charge in [0.05, 0.1) is 30.4 Å². The summed E-state index contributed by atoms with van der Waals surface area (Å²) in [7, 11) is 1.53. The minimum absolute atomic E-state index is 0.268. The van der Waals surface area contributed by atoms with Crippen LogP contribution in [0.15, 0.2) is 42.5 Å². The zero-order chi connectivity index (χ0) is 17.8. The maximum atomic E-state index is 12.2. The summed E-state index contributed by atoms with van der Waals surface area (Å²) in [5, 5.41) is 9.15. The second-order valence-corrected chi connectivity index (χ2v) is 5.48. The summed E-state index contributed by atoms with van der Waals surface area (Å²) in [5.74, 6) is 0.478. The van der Waals surface area contributed by atoms with Crippen LogP contribution in [0.2, 0.25) is 0 Å². The number of hydrogen-bond donors (Lipinski definition) is 0. The van der Waals surface area contributed by atoms with E-state index in [4.69, 9.17) is 14.7 Å². The minimum atomic E-state index is -0.275. The van der Waals surface area contributed by atoms with Gasteiger partial charge in [0.1, 0.15) is 17.6 Å². The van der Waals surface area contributed by atoms with Crippen molar-refractivity contribution in [1.29, 1.82) is 5.26 Å². The van der Waals surface area contributed by atoms with Gasteiger partial charge in [-0.1, -0.05) is 12.1 Å². The number of carbonyl (C=O) groups is 2. The molecular formula is C19H16N2O4. The topological polar surface area (TPSA) is 79.6 Å². The lowest BCUT2D eigenvalue weighted by Crippen LogP contribution is -2.31. The monoisotopic (exact) mass is 336 g/mol. The molecule has 25 heavy (non-hydrogen) atoms. The highest BCUT2D eigenvalue weighted by Gasteiger charge is 2.34. The van der Waals surface area contributed by atoms with Gasteiger partial charge in [0.25, 0.3) is 11.8 Å². The first-order valence-corrected chi connectivity index (χ1v) is 7.82. The number of ether oxygens (including phenoxy) is 2. The number of fused-ring (bicyclic) bond motifs is 1. The molecule has 0 bridgehead atoms. The Labute approximate surface area is 145 Å². The maximum absolute atomic E-state index is 12.2. The molecule has 0 fully saturated rings. The summed E-state index contributed by atoms with van der Waals surface area (Å²) in [5.41, 5.74) is 1.26. The predicted octanol–water partition coefficient (Wildman–Crippen LogP) is 2.63. The zero-order valence-corrected chi connectivity index (χ0v) is 13.7. The van der Waals surface area contributed by atoms with Gasteiger partial charge >= 0.3 is 0 Å². The van der Waals surface area contributed by atoms with Crippen molar-refractivity contribution in [3.63, 3.8) is 0 Å². The molecule has 1 heterocycles. The molecule has 0 N–H and O–H groups in total. The van der Waals surface area contributed by atoms with E-state index in [-0.39, 0.29) is 25.0 Å². The summed E-state index contributed by atoms with van der Waals surface area (Å²) in [4.78, 5) is 25.7. The van der Waals surface area contributed by atoms with E-state index in [1.165, 1.54) is 12.0 Å². The molecule has 0 saturated carbocycles. The molecule has 6 nitrogen and oxygen atoms in total. The van der Waals surface area contributed by atoms with Crippen LogP contribution in [0.4, 0.5) is 0 Å². The lowest BCUT2D eigenvalue weighted by atomic mass is 10.1. The van der Waals surface area contributed by atoms with Gasteiger partial charge in [0, 0.05) is 12.6 Å².